The Morgan fingerprint density at radius 3 is 2.43 bits per heavy atom. The van der Waals surface area contributed by atoms with Crippen molar-refractivity contribution in [2.75, 3.05) is 5.32 Å². The van der Waals surface area contributed by atoms with E-state index in [0.717, 1.165) is 16.0 Å². The first kappa shape index (κ1) is 19.8. The number of carbonyl (C=O) groups is 4. The molecular weight excluding hydrogens is 384 g/mol. The van der Waals surface area contributed by atoms with Crippen molar-refractivity contribution in [3.05, 3.63) is 64.7 Å². The predicted octanol–water partition coefficient (Wildman–Crippen LogP) is 1.72. The zero-order chi connectivity index (χ0) is 21.4. The maximum atomic E-state index is 12.9. The minimum absolute atomic E-state index is 0.0282. The Morgan fingerprint density at radius 1 is 1.07 bits per heavy atom. The zero-order valence-electron chi connectivity index (χ0n) is 16.5. The van der Waals surface area contributed by atoms with Crippen molar-refractivity contribution in [1.29, 1.82) is 0 Å². The van der Waals surface area contributed by atoms with Crippen molar-refractivity contribution in [2.24, 2.45) is 5.73 Å². The number of nitrogens with one attached hydrogen (secondary N) is 2. The van der Waals surface area contributed by atoms with Crippen LogP contribution < -0.4 is 16.4 Å². The van der Waals surface area contributed by atoms with Crippen molar-refractivity contribution in [3.8, 4) is 0 Å². The number of benzene rings is 2. The van der Waals surface area contributed by atoms with Gasteiger partial charge < -0.3 is 11.1 Å². The number of anilines is 1. The number of imide groups is 2. The van der Waals surface area contributed by atoms with E-state index in [0.29, 0.717) is 12.2 Å². The first-order valence-electron chi connectivity index (χ1n) is 9.79. The summed E-state index contributed by atoms with van der Waals surface area (Å²) in [7, 11) is 0. The number of nitrogens with zero attached hydrogens (tertiary/aromatic N) is 1. The van der Waals surface area contributed by atoms with Gasteiger partial charge in [0.2, 0.25) is 11.8 Å². The number of hydrogen-bond acceptors (Lipinski definition) is 6. The Kier molecular flexibility index (Phi) is 5.09. The SMILES string of the molecule is CC(N)c1ccc(CNc2ccc3c(c2)C(=O)N(C2CCC(=O)NC2=O)C3=O)cc1. The van der Waals surface area contributed by atoms with Gasteiger partial charge in [-0.05, 0) is 42.7 Å². The number of rotatable bonds is 5. The monoisotopic (exact) mass is 406 g/mol. The summed E-state index contributed by atoms with van der Waals surface area (Å²) in [5.41, 5.74) is 9.17. The van der Waals surface area contributed by atoms with Crippen LogP contribution in [0.25, 0.3) is 0 Å². The van der Waals surface area contributed by atoms with Crippen LogP contribution in [0.15, 0.2) is 42.5 Å². The second-order valence-electron chi connectivity index (χ2n) is 7.59. The molecular formula is C22H22N4O4. The summed E-state index contributed by atoms with van der Waals surface area (Å²) in [5, 5.41) is 5.44. The zero-order valence-corrected chi connectivity index (χ0v) is 16.5. The fourth-order valence-corrected chi connectivity index (χ4v) is 3.72. The van der Waals surface area contributed by atoms with Gasteiger partial charge in [-0.15, -0.1) is 0 Å². The van der Waals surface area contributed by atoms with E-state index in [1.165, 1.54) is 0 Å². The lowest BCUT2D eigenvalue weighted by Crippen LogP contribution is -2.54. The molecule has 0 spiro atoms. The van der Waals surface area contributed by atoms with Gasteiger partial charge in [0.25, 0.3) is 11.8 Å². The Morgan fingerprint density at radius 2 is 1.77 bits per heavy atom. The maximum absolute atomic E-state index is 12.9. The largest absolute Gasteiger partial charge is 0.381 e. The van der Waals surface area contributed by atoms with Crippen LogP contribution in [0.3, 0.4) is 0 Å². The molecule has 2 unspecified atom stereocenters. The molecule has 1 fully saturated rings. The van der Waals surface area contributed by atoms with Crippen LogP contribution in [-0.4, -0.2) is 34.6 Å². The Hall–Kier alpha value is -3.52. The van der Waals surface area contributed by atoms with Gasteiger partial charge in [0.1, 0.15) is 6.04 Å². The van der Waals surface area contributed by atoms with E-state index in [4.69, 9.17) is 5.73 Å². The molecule has 0 aliphatic carbocycles. The number of hydrogen-bond donors (Lipinski definition) is 3. The van der Waals surface area contributed by atoms with Crippen LogP contribution in [-0.2, 0) is 16.1 Å². The Bertz CT molecular complexity index is 1050. The lowest BCUT2D eigenvalue weighted by molar-refractivity contribution is -0.136. The van der Waals surface area contributed by atoms with Crippen LogP contribution >= 0.6 is 0 Å². The molecule has 4 rings (SSSR count). The van der Waals surface area contributed by atoms with E-state index in [-0.39, 0.29) is 30.0 Å². The number of fused-ring (bicyclic) bond motifs is 1. The van der Waals surface area contributed by atoms with Crippen LogP contribution in [0.5, 0.6) is 0 Å². The first-order valence-corrected chi connectivity index (χ1v) is 9.79. The van der Waals surface area contributed by atoms with Crippen molar-refractivity contribution < 1.29 is 19.2 Å². The third-order valence-electron chi connectivity index (χ3n) is 5.44. The summed E-state index contributed by atoms with van der Waals surface area (Å²) in [6.45, 7) is 2.46. The highest BCUT2D eigenvalue weighted by atomic mass is 16.2. The summed E-state index contributed by atoms with van der Waals surface area (Å²) >= 11 is 0. The summed E-state index contributed by atoms with van der Waals surface area (Å²) in [6, 6.07) is 11.9. The molecule has 30 heavy (non-hydrogen) atoms. The molecule has 0 radical (unpaired) electrons. The highest BCUT2D eigenvalue weighted by molar-refractivity contribution is 6.23. The number of carbonyl (C=O) groups excluding carboxylic acids is 4. The molecule has 1 saturated heterocycles. The molecule has 2 heterocycles. The summed E-state index contributed by atoms with van der Waals surface area (Å²) in [4.78, 5) is 50.0. The quantitative estimate of drug-likeness (QED) is 0.650. The van der Waals surface area contributed by atoms with E-state index in [1.807, 2.05) is 31.2 Å². The minimum atomic E-state index is -0.963. The molecule has 0 aromatic heterocycles. The molecule has 2 aromatic carbocycles. The van der Waals surface area contributed by atoms with Crippen molar-refractivity contribution in [1.82, 2.24) is 10.2 Å². The molecule has 154 valence electrons. The maximum Gasteiger partial charge on any atom is 0.262 e. The van der Waals surface area contributed by atoms with Crippen molar-refractivity contribution in [3.63, 3.8) is 0 Å². The van der Waals surface area contributed by atoms with E-state index in [9.17, 15) is 19.2 Å². The van der Waals surface area contributed by atoms with Gasteiger partial charge >= 0.3 is 0 Å². The second-order valence-corrected chi connectivity index (χ2v) is 7.59. The molecule has 0 saturated carbocycles. The number of piperidine rings is 1. The molecule has 8 nitrogen and oxygen atoms in total. The normalized spacial score (nSPS) is 19.5. The third-order valence-corrected chi connectivity index (χ3v) is 5.44. The first-order chi connectivity index (χ1) is 14.3. The van der Waals surface area contributed by atoms with Crippen LogP contribution in [0.4, 0.5) is 5.69 Å². The molecule has 2 atom stereocenters. The highest BCUT2D eigenvalue weighted by Gasteiger charge is 2.44. The lowest BCUT2D eigenvalue weighted by atomic mass is 10.0. The molecule has 2 aliphatic heterocycles. The molecule has 2 aromatic rings. The van der Waals surface area contributed by atoms with E-state index in [1.54, 1.807) is 18.2 Å². The van der Waals surface area contributed by atoms with Gasteiger partial charge in [0.05, 0.1) is 11.1 Å². The highest BCUT2D eigenvalue weighted by Crippen LogP contribution is 2.29. The molecule has 8 heteroatoms. The number of amides is 4. The average molecular weight is 406 g/mol. The Balaban J connectivity index is 1.49. The fraction of sp³-hybridized carbons (Fsp3) is 0.273. The van der Waals surface area contributed by atoms with Crippen LogP contribution in [0, 0.1) is 0 Å². The molecule has 2 aliphatic rings. The standard InChI is InChI=1S/C22H22N4O4/c1-12(23)14-4-2-13(3-5-14)11-24-15-6-7-16-17(10-15)22(30)26(21(16)29)18-8-9-19(27)25-20(18)28/h2-7,10,12,18,24H,8-9,11,23H2,1H3,(H,25,27,28). The lowest BCUT2D eigenvalue weighted by Gasteiger charge is -2.27. The van der Waals surface area contributed by atoms with Crippen molar-refractivity contribution in [2.45, 2.75) is 38.4 Å². The number of nitrogens with two attached hydrogens (primary N) is 1. The fourth-order valence-electron chi connectivity index (χ4n) is 3.72. The topological polar surface area (TPSA) is 122 Å². The van der Waals surface area contributed by atoms with Gasteiger partial charge in [0, 0.05) is 24.7 Å². The van der Waals surface area contributed by atoms with Crippen LogP contribution in [0.1, 0.15) is 57.7 Å². The Labute approximate surface area is 173 Å². The van der Waals surface area contributed by atoms with E-state index in [2.05, 4.69) is 10.6 Å². The van der Waals surface area contributed by atoms with Gasteiger partial charge in [-0.2, -0.15) is 0 Å². The van der Waals surface area contributed by atoms with E-state index < -0.39 is 29.7 Å². The predicted molar refractivity (Wildman–Crippen MR) is 109 cm³/mol. The van der Waals surface area contributed by atoms with Gasteiger partial charge in [-0.1, -0.05) is 24.3 Å². The van der Waals surface area contributed by atoms with Crippen molar-refractivity contribution >= 4 is 29.3 Å². The van der Waals surface area contributed by atoms with E-state index >= 15 is 0 Å². The summed E-state index contributed by atoms with van der Waals surface area (Å²) < 4.78 is 0. The summed E-state index contributed by atoms with van der Waals surface area (Å²) in [6.07, 6.45) is 0.233. The molecule has 0 bridgehead atoms. The van der Waals surface area contributed by atoms with Gasteiger partial charge in [-0.3, -0.25) is 29.4 Å². The van der Waals surface area contributed by atoms with Crippen LogP contribution in [0.2, 0.25) is 0 Å². The summed E-state index contributed by atoms with van der Waals surface area (Å²) in [5.74, 6) is -2.04. The minimum Gasteiger partial charge on any atom is -0.381 e. The average Bonchev–Trinajstić information content (AvgIpc) is 2.97. The smallest absolute Gasteiger partial charge is 0.262 e. The molecule has 4 N–H and O–H groups in total. The third kappa shape index (κ3) is 3.57. The van der Waals surface area contributed by atoms with Gasteiger partial charge in [0.15, 0.2) is 0 Å². The second kappa shape index (κ2) is 7.72. The molecule has 4 amide bonds. The van der Waals surface area contributed by atoms with Gasteiger partial charge in [-0.25, -0.2) is 0 Å².